The van der Waals surface area contributed by atoms with E-state index >= 15 is 0 Å². The molecule has 0 aromatic heterocycles. The molecule has 0 saturated carbocycles. The minimum atomic E-state index is -0.220. The predicted octanol–water partition coefficient (Wildman–Crippen LogP) is 12.0. The Kier molecular flexibility index (Phi) is 16.4. The molecule has 0 spiro atoms. The number of benzene rings is 3. The minimum Gasteiger partial charge on any atom is -0.552 e. The first-order valence-electron chi connectivity index (χ1n) is 18.4. The molecule has 2 heterocycles. The van der Waals surface area contributed by atoms with E-state index in [0.29, 0.717) is 22.5 Å². The first-order chi connectivity index (χ1) is 23.6. The third-order valence-electron chi connectivity index (χ3n) is 8.85. The molecule has 52 heavy (non-hydrogen) atoms. The van der Waals surface area contributed by atoms with E-state index in [9.17, 15) is 10.2 Å². The molecule has 286 valence electrons. The van der Waals surface area contributed by atoms with Crippen LogP contribution in [0.5, 0.6) is 11.5 Å². The number of nitrogens with zero attached hydrogens (tertiary/aromatic N) is 2. The van der Waals surface area contributed by atoms with Crippen molar-refractivity contribution in [2.75, 3.05) is 13.2 Å². The van der Waals surface area contributed by atoms with Gasteiger partial charge in [-0.25, -0.2) is 13.2 Å². The Morgan fingerprint density at radius 3 is 1.29 bits per heavy atom. The van der Waals surface area contributed by atoms with Gasteiger partial charge < -0.3 is 19.7 Å². The summed E-state index contributed by atoms with van der Waals surface area (Å²) in [4.78, 5) is 9.64. The van der Waals surface area contributed by atoms with Crippen LogP contribution < -0.4 is 0 Å². The molecule has 5 rings (SSSR count). The Morgan fingerprint density at radius 1 is 0.577 bits per heavy atom. The van der Waals surface area contributed by atoms with E-state index in [-0.39, 0.29) is 50.5 Å². The predicted molar refractivity (Wildman–Crippen MR) is 216 cm³/mol. The molecule has 0 radical (unpaired) electrons. The number of phenolic OH excluding ortho intramolecular Hbond substituents is 2. The number of phenols is 2. The van der Waals surface area contributed by atoms with Gasteiger partial charge in [-0.3, -0.25) is 9.98 Å². The van der Waals surface area contributed by atoms with Crippen LogP contribution in [0.25, 0.3) is 0 Å². The normalized spacial score (nSPS) is 15.2. The van der Waals surface area contributed by atoms with Gasteiger partial charge in [-0.05, 0) is 69.5 Å². The minimum absolute atomic E-state index is 0. The van der Waals surface area contributed by atoms with Gasteiger partial charge in [0.2, 0.25) is 0 Å². The molecule has 6 nitrogen and oxygen atoms in total. The fourth-order valence-corrected chi connectivity index (χ4v) is 5.48. The molecule has 3 aromatic carbocycles. The van der Waals surface area contributed by atoms with Gasteiger partial charge in [0.25, 0.3) is 0 Å². The largest absolute Gasteiger partial charge is 0.552 e. The number of aliphatic imine (C=N–C) groups is 2. The van der Waals surface area contributed by atoms with Crippen LogP contribution in [0.15, 0.2) is 52.4 Å². The summed E-state index contributed by atoms with van der Waals surface area (Å²) in [5.74, 6) is 0.510. The van der Waals surface area contributed by atoms with Crippen LogP contribution in [-0.2, 0) is 48.5 Å². The van der Waals surface area contributed by atoms with Crippen molar-refractivity contribution in [1.29, 1.82) is 0 Å². The molecule has 0 bridgehead atoms. The second-order valence-electron chi connectivity index (χ2n) is 17.8. The van der Waals surface area contributed by atoms with Crippen molar-refractivity contribution in [3.8, 4) is 11.5 Å². The third-order valence-corrected chi connectivity index (χ3v) is 8.85. The van der Waals surface area contributed by atoms with Gasteiger partial charge >= 0.3 is 0 Å². The molecule has 0 atom stereocenters. The van der Waals surface area contributed by atoms with Crippen molar-refractivity contribution in [2.45, 2.75) is 137 Å². The number of ether oxygens (including phenoxy) is 2. The van der Waals surface area contributed by atoms with Crippen LogP contribution in [0, 0.1) is 20.1 Å². The summed E-state index contributed by atoms with van der Waals surface area (Å²) in [7, 11) is 0. The summed E-state index contributed by atoms with van der Waals surface area (Å²) in [6.45, 7) is 33.3. The van der Waals surface area contributed by atoms with Crippen LogP contribution in [0.3, 0.4) is 0 Å². The van der Waals surface area contributed by atoms with E-state index < -0.39 is 0 Å². The van der Waals surface area contributed by atoms with E-state index in [1.165, 1.54) is 12.8 Å². The zero-order valence-electron chi connectivity index (χ0n) is 34.1. The zero-order valence-corrected chi connectivity index (χ0v) is 35.4. The average Bonchev–Trinajstić information content (AvgIpc) is 3.79. The van der Waals surface area contributed by atoms with E-state index in [1.54, 1.807) is 12.4 Å². The second-order valence-corrected chi connectivity index (χ2v) is 17.8. The Labute approximate surface area is 326 Å². The van der Waals surface area contributed by atoms with Crippen molar-refractivity contribution in [2.24, 2.45) is 9.98 Å². The number of aromatic hydroxyl groups is 2. The summed E-state index contributed by atoms with van der Waals surface area (Å²) >= 11 is 0. The zero-order chi connectivity index (χ0) is 38.2. The van der Waals surface area contributed by atoms with Gasteiger partial charge in [0.1, 0.15) is 11.5 Å². The van der Waals surface area contributed by atoms with Crippen molar-refractivity contribution in [3.05, 3.63) is 94.6 Å². The molecular weight excluding hydrogens is 685 g/mol. The van der Waals surface area contributed by atoms with Crippen LogP contribution in [0.2, 0.25) is 0 Å². The van der Waals surface area contributed by atoms with Gasteiger partial charge in [-0.15, -0.1) is 0 Å². The van der Waals surface area contributed by atoms with Crippen LogP contribution in [-0.4, -0.2) is 35.9 Å². The molecular formula is C45H64CrN2O4-2. The van der Waals surface area contributed by atoms with Gasteiger partial charge in [0.05, 0.1) is 11.4 Å². The number of hydrogen-bond donors (Lipinski definition) is 2. The Morgan fingerprint density at radius 2 is 0.981 bits per heavy atom. The van der Waals surface area contributed by atoms with Crippen molar-refractivity contribution in [1.82, 2.24) is 0 Å². The first-order valence-corrected chi connectivity index (χ1v) is 18.4. The monoisotopic (exact) mass is 748 g/mol. The summed E-state index contributed by atoms with van der Waals surface area (Å²) in [5, 5.41) is 22.5. The quantitative estimate of drug-likeness (QED) is 0.206. The Bertz CT molecular complexity index is 1630. The summed E-state index contributed by atoms with van der Waals surface area (Å²) in [6.07, 6.45) is 8.22. The standard InChI is InChI=1S/C37H50N2O2.2C4H7O.Cr/c1-23-14-15-30(38-21-24-17-26(34(2,3)4)19-28(32(24)40)36(8,9)10)31(16-23)39-22-25-18-27(35(5,6)7)20-29(33(25)41)37(11,12)13;2*1-2-4-5-3-1;/h14-22,40-41H,1-13H3;2*3H,1-2,4H2;/q;2*-1;. The van der Waals surface area contributed by atoms with Crippen molar-refractivity contribution in [3.63, 3.8) is 0 Å². The molecule has 2 N–H and O–H groups in total. The van der Waals surface area contributed by atoms with E-state index in [0.717, 1.165) is 53.9 Å². The first kappa shape index (κ1) is 45.2. The molecule has 2 saturated heterocycles. The van der Waals surface area contributed by atoms with Gasteiger partial charge in [-0.1, -0.05) is 114 Å². The van der Waals surface area contributed by atoms with E-state index in [2.05, 4.69) is 95.2 Å². The number of hydrogen-bond acceptors (Lipinski definition) is 6. The molecule has 3 aromatic rings. The van der Waals surface area contributed by atoms with Crippen LogP contribution >= 0.6 is 0 Å². The molecule has 7 heteroatoms. The molecule has 0 unspecified atom stereocenters. The molecule has 2 fully saturated rings. The summed E-state index contributed by atoms with van der Waals surface area (Å²) < 4.78 is 9.64. The topological polar surface area (TPSA) is 83.6 Å². The van der Waals surface area contributed by atoms with Crippen molar-refractivity contribution >= 4 is 23.8 Å². The maximum absolute atomic E-state index is 11.2. The van der Waals surface area contributed by atoms with E-state index in [1.807, 2.05) is 50.5 Å². The molecule has 2 aliphatic rings. The fourth-order valence-electron chi connectivity index (χ4n) is 5.48. The van der Waals surface area contributed by atoms with Crippen LogP contribution in [0.4, 0.5) is 11.4 Å². The van der Waals surface area contributed by atoms with Crippen LogP contribution in [0.1, 0.15) is 148 Å². The van der Waals surface area contributed by atoms with Gasteiger partial charge in [-0.2, -0.15) is 12.8 Å². The molecule has 2 aliphatic heterocycles. The van der Waals surface area contributed by atoms with Gasteiger partial charge in [0, 0.05) is 65.3 Å². The molecule has 0 aliphatic carbocycles. The smallest absolute Gasteiger partial charge is 0.128 e. The SMILES string of the molecule is Cc1ccc(N=Cc2cc(C(C)(C)C)cc(C(C)(C)C)c2O)c(N=Cc2cc(C(C)(C)C)cc(C(C)(C)C)c2O)c1.[CH-]1CCCO1.[CH-]1CCCO1.[Cr]. The third kappa shape index (κ3) is 13.5. The summed E-state index contributed by atoms with van der Waals surface area (Å²) in [5.41, 5.74) is 7.31. The summed E-state index contributed by atoms with van der Waals surface area (Å²) in [6, 6.07) is 14.2. The Hall–Kier alpha value is -2.95. The van der Waals surface area contributed by atoms with Gasteiger partial charge in [0.15, 0.2) is 0 Å². The van der Waals surface area contributed by atoms with E-state index in [4.69, 9.17) is 19.5 Å². The second kappa shape index (κ2) is 18.9. The number of rotatable bonds is 4. The van der Waals surface area contributed by atoms with Crippen molar-refractivity contribution < 1.29 is 37.0 Å². The fraction of sp³-hybridized carbons (Fsp3) is 0.511. The maximum atomic E-state index is 11.2. The Balaban J connectivity index is 0.000000728. The average molecular weight is 749 g/mol. The molecule has 0 amide bonds. The number of aryl methyl sites for hydroxylation is 1. The maximum Gasteiger partial charge on any atom is 0.128 e.